The summed E-state index contributed by atoms with van der Waals surface area (Å²) in [5.74, 6) is 0.841. The third-order valence-corrected chi connectivity index (χ3v) is 3.99. The average Bonchev–Trinajstić information content (AvgIpc) is 3.00. The number of hydrogen-bond donors (Lipinski definition) is 3. The van der Waals surface area contributed by atoms with Crippen molar-refractivity contribution in [1.82, 2.24) is 14.6 Å². The fraction of sp³-hybridized carbons (Fsp3) is 0.316. The van der Waals surface area contributed by atoms with Crippen LogP contribution < -0.4 is 10.6 Å². The molecule has 0 bridgehead atoms. The van der Waals surface area contributed by atoms with Crippen LogP contribution in [0.5, 0.6) is 0 Å². The summed E-state index contributed by atoms with van der Waals surface area (Å²) in [5.41, 5.74) is 2.42. The van der Waals surface area contributed by atoms with Crippen molar-refractivity contribution < 1.29 is 9.90 Å². The largest absolute Gasteiger partial charge is 0.395 e. The first kappa shape index (κ1) is 17.9. The number of rotatable bonds is 5. The molecule has 0 aliphatic carbocycles. The van der Waals surface area contributed by atoms with E-state index in [0.717, 1.165) is 0 Å². The lowest BCUT2D eigenvalue weighted by Gasteiger charge is -2.18. The van der Waals surface area contributed by atoms with E-state index in [4.69, 9.17) is 5.11 Å². The molecule has 26 heavy (non-hydrogen) atoms. The molecule has 7 heteroatoms. The van der Waals surface area contributed by atoms with Crippen LogP contribution in [-0.2, 0) is 5.41 Å². The second-order valence-electron chi connectivity index (χ2n) is 7.08. The highest BCUT2D eigenvalue weighted by molar-refractivity contribution is 6.03. The summed E-state index contributed by atoms with van der Waals surface area (Å²) in [6.45, 7) is 6.85. The predicted molar refractivity (Wildman–Crippen MR) is 102 cm³/mol. The van der Waals surface area contributed by atoms with E-state index in [1.54, 1.807) is 22.8 Å². The molecule has 2 heterocycles. The summed E-state index contributed by atoms with van der Waals surface area (Å²) in [6, 6.07) is 11.1. The van der Waals surface area contributed by atoms with Crippen LogP contribution in [0.3, 0.4) is 0 Å². The van der Waals surface area contributed by atoms with Crippen molar-refractivity contribution in [2.75, 3.05) is 23.8 Å². The van der Waals surface area contributed by atoms with Crippen molar-refractivity contribution in [3.8, 4) is 0 Å². The first-order valence-electron chi connectivity index (χ1n) is 8.50. The minimum atomic E-state index is -0.215. The van der Waals surface area contributed by atoms with Gasteiger partial charge in [-0.1, -0.05) is 32.9 Å². The Hall–Kier alpha value is -2.93. The van der Waals surface area contributed by atoms with Crippen molar-refractivity contribution in [2.24, 2.45) is 0 Å². The van der Waals surface area contributed by atoms with E-state index in [1.165, 1.54) is 5.56 Å². The van der Waals surface area contributed by atoms with Gasteiger partial charge in [0, 0.05) is 12.1 Å². The quantitative estimate of drug-likeness (QED) is 0.656. The van der Waals surface area contributed by atoms with Gasteiger partial charge in [0.05, 0.1) is 12.8 Å². The molecule has 0 atom stereocenters. The van der Waals surface area contributed by atoms with Crippen LogP contribution in [-0.4, -0.2) is 38.8 Å². The van der Waals surface area contributed by atoms with Crippen LogP contribution in [0.1, 0.15) is 36.7 Å². The van der Waals surface area contributed by atoms with Gasteiger partial charge in [0.25, 0.3) is 5.91 Å². The number of nitrogens with zero attached hydrogens (tertiary/aromatic N) is 3. The van der Waals surface area contributed by atoms with Gasteiger partial charge in [-0.05, 0) is 35.2 Å². The molecule has 0 aliphatic heterocycles. The Kier molecular flexibility index (Phi) is 4.90. The number of nitrogens with one attached hydrogen (secondary N) is 2. The number of benzene rings is 1. The van der Waals surface area contributed by atoms with Crippen LogP contribution in [0.2, 0.25) is 0 Å². The first-order chi connectivity index (χ1) is 12.4. The smallest absolute Gasteiger partial charge is 0.256 e. The number of anilines is 2. The van der Waals surface area contributed by atoms with Gasteiger partial charge in [0.1, 0.15) is 5.82 Å². The highest BCUT2D eigenvalue weighted by atomic mass is 16.3. The Bertz CT molecular complexity index is 910. The molecule has 0 fully saturated rings. The van der Waals surface area contributed by atoms with Crippen LogP contribution in [0.25, 0.3) is 5.65 Å². The van der Waals surface area contributed by atoms with Crippen molar-refractivity contribution in [1.29, 1.82) is 0 Å². The Balaban J connectivity index is 1.74. The standard InChI is InChI=1S/C19H23N5O2/c1-19(2,3)14-6-4-13(5-7-14)18(26)22-16-12-24-17(21-16)9-8-15(23-24)20-10-11-25/h4-9,12,25H,10-11H2,1-3H3,(H,20,23)(H,22,26). The SMILES string of the molecule is CC(C)(C)c1ccc(C(=O)Nc2cn3nc(NCCO)ccc3n2)cc1. The molecule has 1 aromatic carbocycles. The van der Waals surface area contributed by atoms with Gasteiger partial charge in [-0.3, -0.25) is 4.79 Å². The number of aliphatic hydroxyl groups is 1. The topological polar surface area (TPSA) is 91.6 Å². The number of amides is 1. The minimum absolute atomic E-state index is 0.0267. The maximum atomic E-state index is 12.4. The molecule has 0 unspecified atom stereocenters. The number of fused-ring (bicyclic) bond motifs is 1. The zero-order chi connectivity index (χ0) is 18.7. The maximum Gasteiger partial charge on any atom is 0.256 e. The molecule has 136 valence electrons. The summed E-state index contributed by atoms with van der Waals surface area (Å²) in [6.07, 6.45) is 1.65. The third-order valence-electron chi connectivity index (χ3n) is 3.99. The third kappa shape index (κ3) is 4.00. The van der Waals surface area contributed by atoms with Gasteiger partial charge in [-0.2, -0.15) is 0 Å². The van der Waals surface area contributed by atoms with Crippen LogP contribution in [0.4, 0.5) is 11.6 Å². The molecule has 0 aliphatic rings. The van der Waals surface area contributed by atoms with Gasteiger partial charge in [0.2, 0.25) is 0 Å². The fourth-order valence-electron chi connectivity index (χ4n) is 2.53. The Morgan fingerprint density at radius 2 is 1.85 bits per heavy atom. The average molecular weight is 353 g/mol. The zero-order valence-corrected chi connectivity index (χ0v) is 15.2. The molecule has 0 saturated heterocycles. The van der Waals surface area contributed by atoms with Crippen molar-refractivity contribution >= 4 is 23.2 Å². The van der Waals surface area contributed by atoms with Crippen LogP contribution in [0.15, 0.2) is 42.6 Å². The summed E-state index contributed by atoms with van der Waals surface area (Å²) < 4.78 is 1.58. The lowest BCUT2D eigenvalue weighted by Crippen LogP contribution is -2.14. The van der Waals surface area contributed by atoms with Crippen LogP contribution in [0, 0.1) is 0 Å². The summed E-state index contributed by atoms with van der Waals surface area (Å²) in [4.78, 5) is 16.8. The lowest BCUT2D eigenvalue weighted by molar-refractivity contribution is 0.102. The number of aromatic nitrogens is 3. The van der Waals surface area contributed by atoms with Gasteiger partial charge >= 0.3 is 0 Å². The van der Waals surface area contributed by atoms with Gasteiger partial charge in [0.15, 0.2) is 11.5 Å². The number of carbonyl (C=O) groups is 1. The molecule has 0 saturated carbocycles. The second kappa shape index (κ2) is 7.13. The molecule has 3 N–H and O–H groups in total. The maximum absolute atomic E-state index is 12.4. The molecule has 2 aromatic heterocycles. The highest BCUT2D eigenvalue weighted by Crippen LogP contribution is 2.22. The normalized spacial score (nSPS) is 11.5. The number of hydrogen-bond acceptors (Lipinski definition) is 5. The summed E-state index contributed by atoms with van der Waals surface area (Å²) in [7, 11) is 0. The minimum Gasteiger partial charge on any atom is -0.395 e. The molecule has 3 rings (SSSR count). The van der Waals surface area contributed by atoms with Crippen molar-refractivity contribution in [3.05, 3.63) is 53.7 Å². The molecule has 1 amide bonds. The predicted octanol–water partition coefficient (Wildman–Crippen LogP) is 2.68. The zero-order valence-electron chi connectivity index (χ0n) is 15.2. The van der Waals surface area contributed by atoms with E-state index in [9.17, 15) is 4.79 Å². The van der Waals surface area contributed by atoms with E-state index in [-0.39, 0.29) is 17.9 Å². The molecule has 3 aromatic rings. The second-order valence-corrected chi connectivity index (χ2v) is 7.08. The molecular weight excluding hydrogens is 330 g/mol. The number of aliphatic hydroxyl groups excluding tert-OH is 1. The van der Waals surface area contributed by atoms with E-state index >= 15 is 0 Å². The lowest BCUT2D eigenvalue weighted by atomic mass is 9.87. The summed E-state index contributed by atoms with van der Waals surface area (Å²) >= 11 is 0. The number of imidazole rings is 1. The molecule has 0 spiro atoms. The van der Waals surface area contributed by atoms with E-state index < -0.39 is 0 Å². The van der Waals surface area contributed by atoms with Gasteiger partial charge in [-0.15, -0.1) is 5.10 Å². The van der Waals surface area contributed by atoms with Crippen molar-refractivity contribution in [2.45, 2.75) is 26.2 Å². The van der Waals surface area contributed by atoms with Crippen LogP contribution >= 0.6 is 0 Å². The van der Waals surface area contributed by atoms with Gasteiger partial charge < -0.3 is 15.7 Å². The van der Waals surface area contributed by atoms with E-state index in [1.807, 2.05) is 24.3 Å². The molecular formula is C19H23N5O2. The van der Waals surface area contributed by atoms with E-state index in [2.05, 4.69) is 41.5 Å². The number of carbonyl (C=O) groups excluding carboxylic acids is 1. The monoisotopic (exact) mass is 353 g/mol. The highest BCUT2D eigenvalue weighted by Gasteiger charge is 2.15. The Morgan fingerprint density at radius 1 is 1.12 bits per heavy atom. The first-order valence-corrected chi connectivity index (χ1v) is 8.50. The molecule has 7 nitrogen and oxygen atoms in total. The summed E-state index contributed by atoms with van der Waals surface area (Å²) in [5, 5.41) is 19.0. The molecule has 0 radical (unpaired) electrons. The Morgan fingerprint density at radius 3 is 2.50 bits per heavy atom. The Labute approximate surface area is 152 Å². The van der Waals surface area contributed by atoms with Gasteiger partial charge in [-0.25, -0.2) is 9.50 Å². The van der Waals surface area contributed by atoms with E-state index in [0.29, 0.717) is 29.4 Å². The van der Waals surface area contributed by atoms with Crippen molar-refractivity contribution in [3.63, 3.8) is 0 Å². The fourth-order valence-corrected chi connectivity index (χ4v) is 2.53.